The number of anilines is 2. The van der Waals surface area contributed by atoms with Crippen molar-refractivity contribution in [2.24, 2.45) is 5.92 Å². The first kappa shape index (κ1) is 17.9. The Morgan fingerprint density at radius 2 is 2.15 bits per heavy atom. The molecule has 1 aromatic heterocycles. The first-order valence-electron chi connectivity index (χ1n) is 9.94. The van der Waals surface area contributed by atoms with Crippen LogP contribution in [0, 0.1) is 5.92 Å². The molecule has 1 fully saturated rings. The molecule has 4 rings (SSSR count). The molecule has 2 aliphatic rings. The molecule has 142 valence electrons. The van der Waals surface area contributed by atoms with Crippen LogP contribution in [-0.4, -0.2) is 35.5 Å². The summed E-state index contributed by atoms with van der Waals surface area (Å²) in [6, 6.07) is 7.95. The van der Waals surface area contributed by atoms with Gasteiger partial charge in [0.1, 0.15) is 17.8 Å². The molecule has 0 spiro atoms. The van der Waals surface area contributed by atoms with Gasteiger partial charge in [-0.2, -0.15) is 0 Å². The molecule has 0 radical (unpaired) electrons. The van der Waals surface area contributed by atoms with Crippen LogP contribution >= 0.6 is 0 Å². The smallest absolute Gasteiger partial charge is 0.274 e. The van der Waals surface area contributed by atoms with Gasteiger partial charge in [-0.1, -0.05) is 13.0 Å². The van der Waals surface area contributed by atoms with Crippen LogP contribution in [0.25, 0.3) is 0 Å². The predicted octanol–water partition coefficient (Wildman–Crippen LogP) is 3.00. The molecule has 1 aromatic carbocycles. The van der Waals surface area contributed by atoms with Gasteiger partial charge in [0.15, 0.2) is 0 Å². The maximum atomic E-state index is 12.7. The molecule has 1 aliphatic carbocycles. The maximum absolute atomic E-state index is 12.7. The minimum absolute atomic E-state index is 0.190. The van der Waals surface area contributed by atoms with Crippen LogP contribution in [0.1, 0.15) is 47.8 Å². The Kier molecular flexibility index (Phi) is 5.34. The summed E-state index contributed by atoms with van der Waals surface area (Å²) in [6.07, 6.45) is 6.18. The molecule has 1 amide bonds. The van der Waals surface area contributed by atoms with Gasteiger partial charge in [0.25, 0.3) is 5.91 Å². The van der Waals surface area contributed by atoms with Crippen LogP contribution in [0.15, 0.2) is 30.6 Å². The fraction of sp³-hybridized carbons (Fsp3) is 0.476. The highest BCUT2D eigenvalue weighted by molar-refractivity contribution is 6.03. The Morgan fingerprint density at radius 3 is 2.96 bits per heavy atom. The van der Waals surface area contributed by atoms with E-state index in [0.717, 1.165) is 56.4 Å². The van der Waals surface area contributed by atoms with Gasteiger partial charge in [0.2, 0.25) is 0 Å². The molecule has 2 N–H and O–H groups in total. The van der Waals surface area contributed by atoms with E-state index in [9.17, 15) is 4.79 Å². The topological polar surface area (TPSA) is 70.2 Å². The molecule has 2 aromatic rings. The fourth-order valence-electron chi connectivity index (χ4n) is 3.58. The molecule has 1 saturated carbocycles. The molecule has 0 saturated heterocycles. The van der Waals surface area contributed by atoms with Crippen molar-refractivity contribution in [2.45, 2.75) is 39.2 Å². The third-order valence-electron chi connectivity index (χ3n) is 5.23. The summed E-state index contributed by atoms with van der Waals surface area (Å²) in [5, 5.41) is 6.35. The lowest BCUT2D eigenvalue weighted by molar-refractivity contribution is 0.102. The number of aromatic nitrogens is 2. The average molecular weight is 365 g/mol. The first-order chi connectivity index (χ1) is 13.2. The molecule has 2 heterocycles. The lowest BCUT2D eigenvalue weighted by Gasteiger charge is -2.23. The summed E-state index contributed by atoms with van der Waals surface area (Å²) < 4.78 is 0. The highest BCUT2D eigenvalue weighted by Crippen LogP contribution is 2.31. The number of carbonyl (C=O) groups excluding carboxylic acids is 1. The number of benzene rings is 1. The second-order valence-corrected chi connectivity index (χ2v) is 7.52. The summed E-state index contributed by atoms with van der Waals surface area (Å²) in [6.45, 7) is 6.00. The maximum Gasteiger partial charge on any atom is 0.274 e. The van der Waals surface area contributed by atoms with Gasteiger partial charge in [-0.25, -0.2) is 9.97 Å². The van der Waals surface area contributed by atoms with Crippen LogP contribution < -0.4 is 15.5 Å². The van der Waals surface area contributed by atoms with E-state index in [0.29, 0.717) is 5.69 Å². The molecule has 6 nitrogen and oxygen atoms in total. The molecule has 6 heteroatoms. The van der Waals surface area contributed by atoms with Crippen molar-refractivity contribution in [3.63, 3.8) is 0 Å². The van der Waals surface area contributed by atoms with Crippen molar-refractivity contribution in [1.82, 2.24) is 15.3 Å². The van der Waals surface area contributed by atoms with Crippen LogP contribution in [0.5, 0.6) is 0 Å². The summed E-state index contributed by atoms with van der Waals surface area (Å²) >= 11 is 0. The lowest BCUT2D eigenvalue weighted by Crippen LogP contribution is -2.28. The van der Waals surface area contributed by atoms with Gasteiger partial charge < -0.3 is 15.5 Å². The number of nitrogens with zero attached hydrogens (tertiary/aromatic N) is 3. The van der Waals surface area contributed by atoms with Crippen molar-refractivity contribution in [2.75, 3.05) is 29.9 Å². The van der Waals surface area contributed by atoms with Crippen molar-refractivity contribution >= 4 is 17.4 Å². The third kappa shape index (κ3) is 4.45. The Labute approximate surface area is 160 Å². The van der Waals surface area contributed by atoms with Crippen molar-refractivity contribution < 1.29 is 4.79 Å². The number of hydrogen-bond acceptors (Lipinski definition) is 5. The van der Waals surface area contributed by atoms with Crippen molar-refractivity contribution in [1.29, 1.82) is 0 Å². The zero-order valence-electron chi connectivity index (χ0n) is 15.9. The van der Waals surface area contributed by atoms with Gasteiger partial charge in [0, 0.05) is 31.4 Å². The summed E-state index contributed by atoms with van der Waals surface area (Å²) in [5.41, 5.74) is 3.83. The predicted molar refractivity (Wildman–Crippen MR) is 107 cm³/mol. The number of nitrogens with one attached hydrogen (secondary N) is 2. The van der Waals surface area contributed by atoms with Gasteiger partial charge >= 0.3 is 0 Å². The van der Waals surface area contributed by atoms with Crippen LogP contribution in [0.3, 0.4) is 0 Å². The molecule has 1 aliphatic heterocycles. The van der Waals surface area contributed by atoms with Crippen LogP contribution in [-0.2, 0) is 13.0 Å². The number of rotatable bonds is 7. The van der Waals surface area contributed by atoms with E-state index < -0.39 is 0 Å². The van der Waals surface area contributed by atoms with E-state index in [-0.39, 0.29) is 5.91 Å². The lowest BCUT2D eigenvalue weighted by atomic mass is 10.0. The fourth-order valence-corrected chi connectivity index (χ4v) is 3.58. The Morgan fingerprint density at radius 1 is 1.26 bits per heavy atom. The van der Waals surface area contributed by atoms with Gasteiger partial charge in [0.05, 0.1) is 0 Å². The molecule has 0 bridgehead atoms. The number of amides is 1. The van der Waals surface area contributed by atoms with E-state index in [1.807, 2.05) is 12.1 Å². The molecular weight excluding hydrogens is 338 g/mol. The monoisotopic (exact) mass is 365 g/mol. The minimum Gasteiger partial charge on any atom is -0.356 e. The summed E-state index contributed by atoms with van der Waals surface area (Å²) in [4.78, 5) is 23.6. The molecular formula is C21H27N5O. The van der Waals surface area contributed by atoms with Crippen molar-refractivity contribution in [3.05, 3.63) is 47.4 Å². The molecule has 27 heavy (non-hydrogen) atoms. The van der Waals surface area contributed by atoms with E-state index in [2.05, 4.69) is 44.6 Å². The van der Waals surface area contributed by atoms with Crippen LogP contribution in [0.4, 0.5) is 11.5 Å². The number of hydrogen-bond donors (Lipinski definition) is 2. The summed E-state index contributed by atoms with van der Waals surface area (Å²) in [5.74, 6) is 1.43. The number of fused-ring (bicyclic) bond motifs is 1. The van der Waals surface area contributed by atoms with Crippen molar-refractivity contribution in [3.8, 4) is 0 Å². The zero-order chi connectivity index (χ0) is 18.6. The van der Waals surface area contributed by atoms with Gasteiger partial charge in [-0.05, 0) is 61.4 Å². The van der Waals surface area contributed by atoms with Crippen LogP contribution in [0.2, 0.25) is 0 Å². The quantitative estimate of drug-likeness (QED) is 0.789. The highest BCUT2D eigenvalue weighted by Gasteiger charge is 2.25. The van der Waals surface area contributed by atoms with E-state index in [1.54, 1.807) is 0 Å². The van der Waals surface area contributed by atoms with Gasteiger partial charge in [-0.3, -0.25) is 4.79 Å². The first-order valence-corrected chi connectivity index (χ1v) is 9.94. The van der Waals surface area contributed by atoms with E-state index in [1.165, 1.54) is 30.3 Å². The summed E-state index contributed by atoms with van der Waals surface area (Å²) in [7, 11) is 0. The van der Waals surface area contributed by atoms with Gasteiger partial charge in [-0.15, -0.1) is 0 Å². The Hall–Kier alpha value is -2.47. The zero-order valence-corrected chi connectivity index (χ0v) is 15.9. The molecule has 0 unspecified atom stereocenters. The third-order valence-corrected chi connectivity index (χ3v) is 5.23. The second-order valence-electron chi connectivity index (χ2n) is 7.52. The minimum atomic E-state index is -0.190. The average Bonchev–Trinajstić information content (AvgIpc) is 3.52. The Balaban J connectivity index is 1.48. The molecule has 0 atom stereocenters. The SMILES string of the molecule is CCCN(CC1CC1)c1cc(C(=O)Nc2ccc3c(c2)CNCC3)ncn1. The second kappa shape index (κ2) is 8.05. The van der Waals surface area contributed by atoms with E-state index >= 15 is 0 Å². The Bertz CT molecular complexity index is 818. The normalized spacial score (nSPS) is 15.9. The highest BCUT2D eigenvalue weighted by atomic mass is 16.1. The standard InChI is InChI=1S/C21H27N5O/c1-2-9-26(13-15-3-4-15)20-11-19(23-14-24-20)21(27)25-18-6-5-16-7-8-22-12-17(16)10-18/h5-6,10-11,14-15,22H,2-4,7-9,12-13H2,1H3,(H,25,27). The largest absolute Gasteiger partial charge is 0.356 e. The van der Waals surface area contributed by atoms with E-state index in [4.69, 9.17) is 0 Å². The number of carbonyl (C=O) groups is 1.